The molecule has 2 rings (SSSR count). The highest BCUT2D eigenvalue weighted by Crippen LogP contribution is 2.36. The Morgan fingerprint density at radius 1 is 0.895 bits per heavy atom. The number of halogens is 3. The molecular weight excluding hydrogens is 301 g/mol. The molecule has 0 spiro atoms. The van der Waals surface area contributed by atoms with Crippen molar-refractivity contribution >= 4 is 34.8 Å². The molecule has 19 heavy (non-hydrogen) atoms. The van der Waals surface area contributed by atoms with Gasteiger partial charge in [-0.15, -0.1) is 0 Å². The van der Waals surface area contributed by atoms with Gasteiger partial charge in [-0.05, 0) is 36.7 Å². The quantitative estimate of drug-likeness (QED) is 0.814. The van der Waals surface area contributed by atoms with Gasteiger partial charge in [0.1, 0.15) is 0 Å². The van der Waals surface area contributed by atoms with Gasteiger partial charge < -0.3 is 5.32 Å². The minimum atomic E-state index is -0.0846. The minimum Gasteiger partial charge on any atom is -0.309 e. The highest BCUT2D eigenvalue weighted by atomic mass is 35.5. The van der Waals surface area contributed by atoms with Crippen LogP contribution in [0.5, 0.6) is 0 Å². The van der Waals surface area contributed by atoms with Gasteiger partial charge in [0.05, 0.1) is 16.1 Å². The average Bonchev–Trinajstić information content (AvgIpc) is 2.40. The summed E-state index contributed by atoms with van der Waals surface area (Å²) in [6, 6.07) is 11.5. The van der Waals surface area contributed by atoms with Crippen LogP contribution in [-0.4, -0.2) is 7.05 Å². The molecule has 1 nitrogen and oxygen atoms in total. The molecule has 0 aliphatic carbocycles. The first kappa shape index (κ1) is 14.7. The molecule has 0 saturated carbocycles. The van der Waals surface area contributed by atoms with E-state index in [2.05, 4.69) is 5.32 Å². The second-order valence-electron chi connectivity index (χ2n) is 4.34. The van der Waals surface area contributed by atoms with Gasteiger partial charge in [-0.25, -0.2) is 0 Å². The predicted octanol–water partition coefficient (Wildman–Crippen LogP) is 5.26. The van der Waals surface area contributed by atoms with E-state index >= 15 is 0 Å². The van der Waals surface area contributed by atoms with Crippen molar-refractivity contribution in [2.45, 2.75) is 13.0 Å². The van der Waals surface area contributed by atoms with Crippen molar-refractivity contribution in [3.05, 3.63) is 68.2 Å². The van der Waals surface area contributed by atoms with Crippen molar-refractivity contribution < 1.29 is 0 Å². The van der Waals surface area contributed by atoms with Crippen LogP contribution in [0.4, 0.5) is 0 Å². The molecule has 1 atom stereocenters. The summed E-state index contributed by atoms with van der Waals surface area (Å²) in [6.45, 7) is 1.98. The summed E-state index contributed by atoms with van der Waals surface area (Å²) in [5.41, 5.74) is 2.95. The van der Waals surface area contributed by atoms with Gasteiger partial charge in [0, 0.05) is 5.02 Å². The topological polar surface area (TPSA) is 12.0 Å². The number of hydrogen-bond acceptors (Lipinski definition) is 1. The Kier molecular flexibility index (Phi) is 4.75. The summed E-state index contributed by atoms with van der Waals surface area (Å²) in [5.74, 6) is 0. The van der Waals surface area contributed by atoms with Crippen LogP contribution >= 0.6 is 34.8 Å². The maximum Gasteiger partial charge on any atom is 0.0643 e. The van der Waals surface area contributed by atoms with Crippen LogP contribution in [-0.2, 0) is 0 Å². The molecule has 0 radical (unpaired) electrons. The van der Waals surface area contributed by atoms with E-state index in [9.17, 15) is 0 Å². The molecule has 0 aromatic heterocycles. The zero-order valence-electron chi connectivity index (χ0n) is 10.7. The van der Waals surface area contributed by atoms with Crippen molar-refractivity contribution in [1.29, 1.82) is 0 Å². The maximum absolute atomic E-state index is 6.39. The fourth-order valence-corrected chi connectivity index (χ4v) is 2.77. The molecule has 0 bridgehead atoms. The Balaban J connectivity index is 2.57. The number of benzene rings is 2. The van der Waals surface area contributed by atoms with E-state index in [1.54, 1.807) is 6.07 Å². The van der Waals surface area contributed by atoms with Crippen LogP contribution in [0, 0.1) is 6.92 Å². The van der Waals surface area contributed by atoms with E-state index in [-0.39, 0.29) is 6.04 Å². The lowest BCUT2D eigenvalue weighted by Gasteiger charge is -2.21. The monoisotopic (exact) mass is 313 g/mol. The van der Waals surface area contributed by atoms with Crippen molar-refractivity contribution in [1.82, 2.24) is 5.32 Å². The summed E-state index contributed by atoms with van der Waals surface area (Å²) in [7, 11) is 1.88. The SMILES string of the molecule is CNC(c1cccc(C)c1Cl)c1cccc(Cl)c1Cl. The van der Waals surface area contributed by atoms with Crippen molar-refractivity contribution in [3.63, 3.8) is 0 Å². The van der Waals surface area contributed by atoms with Crippen molar-refractivity contribution in [2.75, 3.05) is 7.05 Å². The number of hydrogen-bond donors (Lipinski definition) is 1. The second-order valence-corrected chi connectivity index (χ2v) is 5.51. The molecule has 0 aliphatic heterocycles. The first-order valence-corrected chi connectivity index (χ1v) is 7.05. The molecule has 100 valence electrons. The molecule has 4 heteroatoms. The molecule has 0 fully saturated rings. The standard InChI is InChI=1S/C15H14Cl3N/c1-9-5-3-6-10(13(9)17)15(19-2)11-7-4-8-12(16)14(11)18/h3-8,15,19H,1-2H3. The smallest absolute Gasteiger partial charge is 0.0643 e. The van der Waals surface area contributed by atoms with Crippen LogP contribution < -0.4 is 5.32 Å². The first-order chi connectivity index (χ1) is 9.06. The summed E-state index contributed by atoms with van der Waals surface area (Å²) in [6.07, 6.45) is 0. The van der Waals surface area contributed by atoms with Gasteiger partial charge in [0.15, 0.2) is 0 Å². The average molecular weight is 315 g/mol. The number of rotatable bonds is 3. The third kappa shape index (κ3) is 2.90. The predicted molar refractivity (Wildman–Crippen MR) is 83.6 cm³/mol. The molecule has 2 aromatic carbocycles. The molecule has 0 amide bonds. The first-order valence-electron chi connectivity index (χ1n) is 5.92. The highest BCUT2D eigenvalue weighted by Gasteiger charge is 2.19. The molecular formula is C15H14Cl3N. The van der Waals surface area contributed by atoms with Gasteiger partial charge in [0.2, 0.25) is 0 Å². The Morgan fingerprint density at radius 2 is 1.47 bits per heavy atom. The van der Waals surface area contributed by atoms with Crippen LogP contribution in [0.1, 0.15) is 22.7 Å². The van der Waals surface area contributed by atoms with Gasteiger partial charge in [-0.3, -0.25) is 0 Å². The van der Waals surface area contributed by atoms with Crippen molar-refractivity contribution in [2.24, 2.45) is 0 Å². The number of aryl methyl sites for hydroxylation is 1. The minimum absolute atomic E-state index is 0.0846. The fourth-order valence-electron chi connectivity index (χ4n) is 2.12. The Morgan fingerprint density at radius 3 is 2.11 bits per heavy atom. The third-order valence-corrected chi connectivity index (χ3v) is 4.46. The summed E-state index contributed by atoms with van der Waals surface area (Å²) in [4.78, 5) is 0. The highest BCUT2D eigenvalue weighted by molar-refractivity contribution is 6.42. The van der Waals surface area contributed by atoms with E-state index < -0.39 is 0 Å². The van der Waals surface area contributed by atoms with Crippen LogP contribution in [0.15, 0.2) is 36.4 Å². The zero-order chi connectivity index (χ0) is 14.0. The summed E-state index contributed by atoms with van der Waals surface area (Å²) in [5, 5.41) is 5.09. The molecule has 0 heterocycles. The Bertz CT molecular complexity index is 544. The molecule has 0 aliphatic rings. The molecule has 1 unspecified atom stereocenters. The molecule has 2 aromatic rings. The lowest BCUT2D eigenvalue weighted by molar-refractivity contribution is 0.692. The largest absolute Gasteiger partial charge is 0.309 e. The van der Waals surface area contributed by atoms with Gasteiger partial charge in [0.25, 0.3) is 0 Å². The van der Waals surface area contributed by atoms with Gasteiger partial charge in [-0.1, -0.05) is 65.1 Å². The third-order valence-electron chi connectivity index (χ3n) is 3.11. The van der Waals surface area contributed by atoms with E-state index in [0.29, 0.717) is 10.0 Å². The van der Waals surface area contributed by atoms with Crippen LogP contribution in [0.3, 0.4) is 0 Å². The van der Waals surface area contributed by atoms with E-state index in [1.165, 1.54) is 0 Å². The fraction of sp³-hybridized carbons (Fsp3) is 0.200. The number of nitrogens with one attached hydrogen (secondary N) is 1. The lowest BCUT2D eigenvalue weighted by Crippen LogP contribution is -2.18. The summed E-state index contributed by atoms with van der Waals surface area (Å²) >= 11 is 18.8. The van der Waals surface area contributed by atoms with Crippen molar-refractivity contribution in [3.8, 4) is 0 Å². The van der Waals surface area contributed by atoms with E-state index in [0.717, 1.165) is 21.7 Å². The zero-order valence-corrected chi connectivity index (χ0v) is 12.9. The summed E-state index contributed by atoms with van der Waals surface area (Å²) < 4.78 is 0. The van der Waals surface area contributed by atoms with E-state index in [4.69, 9.17) is 34.8 Å². The van der Waals surface area contributed by atoms with Crippen LogP contribution in [0.25, 0.3) is 0 Å². The Labute approximate surface area is 128 Å². The van der Waals surface area contributed by atoms with Crippen LogP contribution in [0.2, 0.25) is 15.1 Å². The molecule has 1 N–H and O–H groups in total. The van der Waals surface area contributed by atoms with E-state index in [1.807, 2.05) is 44.3 Å². The lowest BCUT2D eigenvalue weighted by atomic mass is 9.97. The second kappa shape index (κ2) is 6.15. The maximum atomic E-state index is 6.39. The molecule has 0 saturated heterocycles. The normalized spacial score (nSPS) is 12.5. The van der Waals surface area contributed by atoms with Gasteiger partial charge >= 0.3 is 0 Å². The Hall–Kier alpha value is -0.730. The van der Waals surface area contributed by atoms with Gasteiger partial charge in [-0.2, -0.15) is 0 Å².